The van der Waals surface area contributed by atoms with Gasteiger partial charge in [0.05, 0.1) is 35.6 Å². The highest BCUT2D eigenvalue weighted by Crippen LogP contribution is 2.36. The van der Waals surface area contributed by atoms with Crippen molar-refractivity contribution in [1.29, 1.82) is 0 Å². The Morgan fingerprint density at radius 3 is 2.29 bits per heavy atom. The van der Waals surface area contributed by atoms with Gasteiger partial charge in [-0.2, -0.15) is 0 Å². The van der Waals surface area contributed by atoms with Crippen LogP contribution in [0.15, 0.2) is 106 Å². The molecule has 0 saturated carbocycles. The first-order chi connectivity index (χ1) is 23.1. The minimum atomic E-state index is -0.735. The van der Waals surface area contributed by atoms with Crippen LogP contribution in [0, 0.1) is 13.0 Å². The second-order valence-corrected chi connectivity index (χ2v) is 14.8. The van der Waals surface area contributed by atoms with Crippen LogP contribution >= 0.6 is 56.5 Å². The summed E-state index contributed by atoms with van der Waals surface area (Å²) >= 11 is 5.74. The third kappa shape index (κ3) is 7.20. The average molecular weight is 885 g/mol. The molecule has 4 aromatic carbocycles. The largest absolute Gasteiger partial charge is 0.487 e. The normalized spacial score (nSPS) is 14.6. The van der Waals surface area contributed by atoms with Crippen LogP contribution in [0.5, 0.6) is 5.75 Å². The van der Waals surface area contributed by atoms with Gasteiger partial charge in [0.15, 0.2) is 4.80 Å². The Balaban J connectivity index is 1.48. The number of carbonyl (C=O) groups is 1. The molecule has 1 aliphatic rings. The van der Waals surface area contributed by atoms with Crippen molar-refractivity contribution in [3.63, 3.8) is 0 Å². The standard InChI is InChI=1S/C38H31FI2N2O4S/c1-4-46-37(45)32-33(26-8-6-5-7-9-26)42-38-43(34(32)27-14-12-25(13-15-27)22(2)3)36(44)31(48-38)20-24-18-29(40)35(30(41)19-24)47-21-23-10-16-28(39)17-11-23/h5-20,22,34H,4,21H2,1-3H3/b31-20-/t34-/m0/s1. The summed E-state index contributed by atoms with van der Waals surface area (Å²) in [6, 6.07) is 27.0. The number of thiazole rings is 1. The Labute approximate surface area is 308 Å². The van der Waals surface area contributed by atoms with Crippen molar-refractivity contribution < 1.29 is 18.7 Å². The number of hydrogen-bond donors (Lipinski definition) is 0. The molecule has 1 atom stereocenters. The lowest BCUT2D eigenvalue weighted by Crippen LogP contribution is -2.40. The molecule has 48 heavy (non-hydrogen) atoms. The second kappa shape index (κ2) is 14.9. The van der Waals surface area contributed by atoms with Crippen molar-refractivity contribution in [2.45, 2.75) is 39.3 Å². The first-order valence-electron chi connectivity index (χ1n) is 15.4. The number of nitrogens with zero attached hydrogens (tertiary/aromatic N) is 2. The average Bonchev–Trinajstić information content (AvgIpc) is 3.38. The van der Waals surface area contributed by atoms with Crippen molar-refractivity contribution in [3.05, 3.63) is 157 Å². The third-order valence-electron chi connectivity index (χ3n) is 7.91. The fraction of sp³-hybridized carbons (Fsp3) is 0.184. The second-order valence-electron chi connectivity index (χ2n) is 11.5. The van der Waals surface area contributed by atoms with Crippen LogP contribution < -0.4 is 19.6 Å². The van der Waals surface area contributed by atoms with Gasteiger partial charge in [-0.25, -0.2) is 14.2 Å². The van der Waals surface area contributed by atoms with Gasteiger partial charge >= 0.3 is 5.97 Å². The molecule has 0 aliphatic carbocycles. The first kappa shape index (κ1) is 34.3. The van der Waals surface area contributed by atoms with Crippen LogP contribution in [0.1, 0.15) is 60.5 Å². The summed E-state index contributed by atoms with van der Waals surface area (Å²) in [5.41, 5.74) is 4.98. The van der Waals surface area contributed by atoms with E-state index in [0.717, 1.165) is 40.7 Å². The third-order valence-corrected chi connectivity index (χ3v) is 10.5. The Bertz CT molecular complexity index is 2170. The molecule has 0 amide bonds. The van der Waals surface area contributed by atoms with Crippen molar-refractivity contribution >= 4 is 74.3 Å². The highest BCUT2D eigenvalue weighted by atomic mass is 127. The van der Waals surface area contributed by atoms with Crippen molar-refractivity contribution in [2.75, 3.05) is 6.61 Å². The van der Waals surface area contributed by atoms with Crippen molar-refractivity contribution in [3.8, 4) is 5.75 Å². The lowest BCUT2D eigenvalue weighted by molar-refractivity contribution is -0.138. The Kier molecular flexibility index (Phi) is 10.6. The molecule has 1 aromatic heterocycles. The lowest BCUT2D eigenvalue weighted by atomic mass is 9.91. The molecule has 1 aliphatic heterocycles. The molecular weight excluding hydrogens is 853 g/mol. The molecule has 0 radical (unpaired) electrons. The van der Waals surface area contributed by atoms with E-state index in [-0.39, 0.29) is 18.0 Å². The molecule has 0 spiro atoms. The topological polar surface area (TPSA) is 69.9 Å². The van der Waals surface area contributed by atoms with E-state index in [4.69, 9.17) is 14.5 Å². The van der Waals surface area contributed by atoms with Crippen molar-refractivity contribution in [2.24, 2.45) is 4.99 Å². The van der Waals surface area contributed by atoms with Crippen LogP contribution in [0.25, 0.3) is 11.8 Å². The molecule has 6 rings (SSSR count). The molecule has 5 aromatic rings. The minimum Gasteiger partial charge on any atom is -0.487 e. The van der Waals surface area contributed by atoms with Crippen molar-refractivity contribution in [1.82, 2.24) is 4.57 Å². The quantitative estimate of drug-likeness (QED) is 0.111. The molecule has 0 bridgehead atoms. The smallest absolute Gasteiger partial charge is 0.338 e. The first-order valence-corrected chi connectivity index (χ1v) is 18.4. The zero-order valence-electron chi connectivity index (χ0n) is 26.4. The molecule has 2 heterocycles. The predicted molar refractivity (Wildman–Crippen MR) is 204 cm³/mol. The van der Waals surface area contributed by atoms with Gasteiger partial charge in [-0.3, -0.25) is 9.36 Å². The van der Waals surface area contributed by atoms with Gasteiger partial charge in [0, 0.05) is 5.56 Å². The summed E-state index contributed by atoms with van der Waals surface area (Å²) in [4.78, 5) is 33.5. The lowest BCUT2D eigenvalue weighted by Gasteiger charge is -2.26. The van der Waals surface area contributed by atoms with E-state index in [1.54, 1.807) is 23.6 Å². The van der Waals surface area contributed by atoms with Gasteiger partial charge in [-0.05, 0) is 111 Å². The number of fused-ring (bicyclic) bond motifs is 1. The highest BCUT2D eigenvalue weighted by Gasteiger charge is 2.35. The summed E-state index contributed by atoms with van der Waals surface area (Å²) in [5.74, 6) is 0.246. The summed E-state index contributed by atoms with van der Waals surface area (Å²) < 4.78 is 28.9. The maximum Gasteiger partial charge on any atom is 0.338 e. The maximum absolute atomic E-state index is 14.3. The van der Waals surface area contributed by atoms with Crippen LogP contribution in [0.2, 0.25) is 0 Å². The van der Waals surface area contributed by atoms with E-state index in [1.807, 2.05) is 72.8 Å². The zero-order chi connectivity index (χ0) is 33.9. The van der Waals surface area contributed by atoms with E-state index in [2.05, 4.69) is 59.0 Å². The molecule has 0 unspecified atom stereocenters. The van der Waals surface area contributed by atoms with Gasteiger partial charge in [0.2, 0.25) is 0 Å². The highest BCUT2D eigenvalue weighted by molar-refractivity contribution is 14.1. The summed E-state index contributed by atoms with van der Waals surface area (Å²) in [6.07, 6.45) is 1.85. The fourth-order valence-corrected chi connectivity index (χ4v) is 8.64. The van der Waals surface area contributed by atoms with Gasteiger partial charge < -0.3 is 9.47 Å². The molecule has 0 saturated heterocycles. The van der Waals surface area contributed by atoms with Crippen LogP contribution in [0.4, 0.5) is 4.39 Å². The van der Waals surface area contributed by atoms with E-state index >= 15 is 0 Å². The number of hydrogen-bond acceptors (Lipinski definition) is 6. The number of halogens is 3. The maximum atomic E-state index is 14.3. The Morgan fingerprint density at radius 2 is 1.67 bits per heavy atom. The molecule has 0 N–H and O–H groups in total. The van der Waals surface area contributed by atoms with Gasteiger partial charge in [0.25, 0.3) is 5.56 Å². The number of aromatic nitrogens is 1. The van der Waals surface area contributed by atoms with E-state index in [1.165, 1.54) is 23.5 Å². The molecule has 244 valence electrons. The van der Waals surface area contributed by atoms with Crippen LogP contribution in [-0.2, 0) is 16.1 Å². The predicted octanol–water partition coefficient (Wildman–Crippen LogP) is 7.99. The van der Waals surface area contributed by atoms with E-state index in [9.17, 15) is 14.0 Å². The number of benzene rings is 4. The summed E-state index contributed by atoms with van der Waals surface area (Å²) in [6.45, 7) is 6.51. The molecule has 0 fully saturated rings. The van der Waals surface area contributed by atoms with Gasteiger partial charge in [-0.1, -0.05) is 91.9 Å². The number of rotatable bonds is 9. The summed E-state index contributed by atoms with van der Waals surface area (Å²) in [7, 11) is 0. The van der Waals surface area contributed by atoms with Gasteiger partial charge in [0.1, 0.15) is 18.2 Å². The molecule has 10 heteroatoms. The fourth-order valence-electron chi connectivity index (χ4n) is 5.51. The SMILES string of the molecule is CCOC(=O)C1=C(c2ccccc2)N=c2s/c(=C\c3cc(I)c(OCc4ccc(F)cc4)c(I)c3)c(=O)n2[C@H]1c1ccc(C(C)C)cc1. The zero-order valence-corrected chi connectivity index (χ0v) is 31.5. The Morgan fingerprint density at radius 1 is 1.00 bits per heavy atom. The molecule has 6 nitrogen and oxygen atoms in total. The van der Waals surface area contributed by atoms with E-state index in [0.29, 0.717) is 33.1 Å². The van der Waals surface area contributed by atoms with Gasteiger partial charge in [-0.15, -0.1) is 0 Å². The monoisotopic (exact) mass is 884 g/mol. The van der Waals surface area contributed by atoms with E-state index < -0.39 is 12.0 Å². The van der Waals surface area contributed by atoms with Crippen LogP contribution in [0.3, 0.4) is 0 Å². The number of carbonyl (C=O) groups excluding carboxylic acids is 1. The van der Waals surface area contributed by atoms with Crippen LogP contribution in [-0.4, -0.2) is 17.1 Å². The number of ether oxygens (including phenoxy) is 2. The number of esters is 1. The molecular formula is C38H31FI2N2O4S. The summed E-state index contributed by atoms with van der Waals surface area (Å²) in [5, 5.41) is 0. The Hall–Kier alpha value is -3.62. The minimum absolute atomic E-state index is 0.189.